The average Bonchev–Trinajstić information content (AvgIpc) is 2.57. The molecule has 0 atom stereocenters. The molecule has 1 saturated heterocycles. The molecule has 1 fully saturated rings. The summed E-state index contributed by atoms with van der Waals surface area (Å²) >= 11 is 0. The topological polar surface area (TPSA) is 68.1 Å². The summed E-state index contributed by atoms with van der Waals surface area (Å²) < 4.78 is 1.59. The molecule has 3 heterocycles. The van der Waals surface area contributed by atoms with Gasteiger partial charge in [-0.1, -0.05) is 13.8 Å². The molecule has 122 valence electrons. The van der Waals surface area contributed by atoms with E-state index in [2.05, 4.69) is 9.97 Å². The summed E-state index contributed by atoms with van der Waals surface area (Å²) in [7, 11) is 0. The highest BCUT2D eigenvalue weighted by atomic mass is 16.2. The number of carbonyl (C=O) groups is 1. The zero-order valence-corrected chi connectivity index (χ0v) is 13.7. The summed E-state index contributed by atoms with van der Waals surface area (Å²) in [5.41, 5.74) is 0.822. The summed E-state index contributed by atoms with van der Waals surface area (Å²) in [4.78, 5) is 35.9. The van der Waals surface area contributed by atoms with Crippen molar-refractivity contribution in [1.82, 2.24) is 19.4 Å². The first-order valence-electron chi connectivity index (χ1n) is 8.23. The second-order valence-electron chi connectivity index (χ2n) is 6.47. The Hall–Kier alpha value is -2.24. The molecule has 0 unspecified atom stereocenters. The van der Waals surface area contributed by atoms with Crippen molar-refractivity contribution in [2.24, 2.45) is 5.92 Å². The molecule has 1 amide bonds. The number of aromatic nitrogens is 3. The molecule has 2 aromatic heterocycles. The van der Waals surface area contributed by atoms with Crippen molar-refractivity contribution >= 4 is 17.1 Å². The first kappa shape index (κ1) is 15.6. The summed E-state index contributed by atoms with van der Waals surface area (Å²) in [6.45, 7) is 6.00. The van der Waals surface area contributed by atoms with Crippen molar-refractivity contribution in [3.8, 4) is 0 Å². The summed E-state index contributed by atoms with van der Waals surface area (Å²) in [6, 6.07) is 3.57. The van der Waals surface area contributed by atoms with Gasteiger partial charge in [0.15, 0.2) is 11.3 Å². The van der Waals surface area contributed by atoms with Gasteiger partial charge in [-0.15, -0.1) is 0 Å². The van der Waals surface area contributed by atoms with Crippen LogP contribution in [0, 0.1) is 5.92 Å². The van der Waals surface area contributed by atoms with Crippen LogP contribution in [-0.4, -0.2) is 38.4 Å². The highest BCUT2D eigenvalue weighted by Gasteiger charge is 2.24. The van der Waals surface area contributed by atoms with Crippen molar-refractivity contribution < 1.29 is 4.79 Å². The quantitative estimate of drug-likeness (QED) is 0.870. The first-order chi connectivity index (χ1) is 11.1. The van der Waals surface area contributed by atoms with Gasteiger partial charge in [0.25, 0.3) is 11.5 Å². The summed E-state index contributed by atoms with van der Waals surface area (Å²) in [5, 5.41) is 0. The fourth-order valence-corrected chi connectivity index (χ4v) is 3.00. The Kier molecular flexibility index (Phi) is 4.41. The molecule has 0 aliphatic carbocycles. The monoisotopic (exact) mass is 314 g/mol. The first-order valence-corrected chi connectivity index (χ1v) is 8.23. The number of pyridine rings is 1. The maximum absolute atomic E-state index is 12.8. The predicted molar refractivity (Wildman–Crippen MR) is 88.4 cm³/mol. The largest absolute Gasteiger partial charge is 0.337 e. The fraction of sp³-hybridized carbons (Fsp3) is 0.529. The predicted octanol–water partition coefficient (Wildman–Crippen LogP) is 2.07. The molecule has 6 nitrogen and oxygen atoms in total. The van der Waals surface area contributed by atoms with Crippen LogP contribution in [0.5, 0.6) is 0 Å². The van der Waals surface area contributed by atoms with Gasteiger partial charge in [-0.05, 0) is 37.3 Å². The van der Waals surface area contributed by atoms with E-state index in [0.29, 0.717) is 30.8 Å². The lowest BCUT2D eigenvalue weighted by molar-refractivity contribution is 0.0716. The van der Waals surface area contributed by atoms with E-state index < -0.39 is 0 Å². The molecule has 0 aromatic carbocycles. The van der Waals surface area contributed by atoms with E-state index in [1.165, 1.54) is 0 Å². The number of rotatable bonds is 3. The Morgan fingerprint density at radius 1 is 1.26 bits per heavy atom. The molecule has 0 saturated carbocycles. The lowest BCUT2D eigenvalue weighted by Crippen LogP contribution is -2.41. The molecule has 0 bridgehead atoms. The highest BCUT2D eigenvalue weighted by Crippen LogP contribution is 2.13. The van der Waals surface area contributed by atoms with Gasteiger partial charge in [0.05, 0.1) is 0 Å². The molecule has 1 aliphatic heterocycles. The molecular formula is C17H22N4O2. The van der Waals surface area contributed by atoms with Gasteiger partial charge in [0, 0.05) is 25.8 Å². The van der Waals surface area contributed by atoms with Crippen LogP contribution in [0.25, 0.3) is 11.2 Å². The third kappa shape index (κ3) is 3.11. The van der Waals surface area contributed by atoms with E-state index in [9.17, 15) is 9.59 Å². The summed E-state index contributed by atoms with van der Waals surface area (Å²) in [5.74, 6) is 0.0243. The van der Waals surface area contributed by atoms with Crippen LogP contribution in [0.4, 0.5) is 0 Å². The van der Waals surface area contributed by atoms with E-state index in [4.69, 9.17) is 0 Å². The van der Waals surface area contributed by atoms with Crippen LogP contribution in [0.15, 0.2) is 23.1 Å². The van der Waals surface area contributed by atoms with Crippen molar-refractivity contribution in [3.63, 3.8) is 0 Å². The average molecular weight is 314 g/mol. The van der Waals surface area contributed by atoms with Gasteiger partial charge >= 0.3 is 0 Å². The number of piperidine rings is 1. The minimum atomic E-state index is -0.333. The van der Waals surface area contributed by atoms with Crippen LogP contribution >= 0.6 is 0 Å². The number of hydrogen-bond acceptors (Lipinski definition) is 4. The SMILES string of the molecule is CC(C)Cn1c(=O)c(C(=O)N2CCCCC2)nc2cccnc21. The molecule has 23 heavy (non-hydrogen) atoms. The molecule has 6 heteroatoms. The van der Waals surface area contributed by atoms with Gasteiger partial charge in [-0.3, -0.25) is 14.2 Å². The van der Waals surface area contributed by atoms with Crippen molar-refractivity contribution in [2.45, 2.75) is 39.7 Å². The van der Waals surface area contributed by atoms with Crippen LogP contribution < -0.4 is 5.56 Å². The molecule has 3 rings (SSSR count). The van der Waals surface area contributed by atoms with Crippen LogP contribution in [0.1, 0.15) is 43.6 Å². The highest BCUT2D eigenvalue weighted by molar-refractivity contribution is 5.93. The van der Waals surface area contributed by atoms with Gasteiger partial charge in [-0.2, -0.15) is 0 Å². The lowest BCUT2D eigenvalue weighted by atomic mass is 10.1. The third-order valence-electron chi connectivity index (χ3n) is 4.10. The maximum Gasteiger partial charge on any atom is 0.283 e. The van der Waals surface area contributed by atoms with Gasteiger partial charge in [-0.25, -0.2) is 9.97 Å². The van der Waals surface area contributed by atoms with Gasteiger partial charge < -0.3 is 4.90 Å². The molecule has 2 aromatic rings. The van der Waals surface area contributed by atoms with E-state index >= 15 is 0 Å². The Morgan fingerprint density at radius 3 is 2.70 bits per heavy atom. The molecule has 0 spiro atoms. The lowest BCUT2D eigenvalue weighted by Gasteiger charge is -2.26. The molecular weight excluding hydrogens is 292 g/mol. The Labute approximate surface area is 135 Å². The van der Waals surface area contributed by atoms with E-state index in [0.717, 1.165) is 19.3 Å². The molecule has 0 radical (unpaired) electrons. The third-order valence-corrected chi connectivity index (χ3v) is 4.10. The maximum atomic E-state index is 12.8. The van der Waals surface area contributed by atoms with Crippen molar-refractivity contribution in [2.75, 3.05) is 13.1 Å². The Balaban J connectivity index is 2.11. The fourth-order valence-electron chi connectivity index (χ4n) is 3.00. The standard InChI is InChI=1S/C17H22N4O2/c1-12(2)11-21-15-13(7-6-8-18-15)19-14(17(21)23)16(22)20-9-4-3-5-10-20/h6-8,12H,3-5,9-11H2,1-2H3. The minimum absolute atomic E-state index is 0.0213. The van der Waals surface area contributed by atoms with Crippen LogP contribution in [-0.2, 0) is 6.54 Å². The number of nitrogens with zero attached hydrogens (tertiary/aromatic N) is 4. The number of amides is 1. The van der Waals surface area contributed by atoms with Gasteiger partial charge in [0.2, 0.25) is 0 Å². The normalized spacial score (nSPS) is 15.3. The molecule has 1 aliphatic rings. The minimum Gasteiger partial charge on any atom is -0.337 e. The number of carbonyl (C=O) groups excluding carboxylic acids is 1. The number of fused-ring (bicyclic) bond motifs is 1. The smallest absolute Gasteiger partial charge is 0.283 e. The van der Waals surface area contributed by atoms with E-state index in [-0.39, 0.29) is 23.1 Å². The van der Waals surface area contributed by atoms with Crippen LogP contribution in [0.2, 0.25) is 0 Å². The van der Waals surface area contributed by atoms with Gasteiger partial charge in [0.1, 0.15) is 5.52 Å². The zero-order valence-electron chi connectivity index (χ0n) is 13.7. The number of likely N-dealkylation sites (tertiary alicyclic amines) is 1. The molecule has 0 N–H and O–H groups in total. The van der Waals surface area contributed by atoms with E-state index in [1.54, 1.807) is 27.8 Å². The van der Waals surface area contributed by atoms with Crippen molar-refractivity contribution in [3.05, 3.63) is 34.4 Å². The Bertz CT molecular complexity index is 776. The van der Waals surface area contributed by atoms with Crippen molar-refractivity contribution in [1.29, 1.82) is 0 Å². The zero-order chi connectivity index (χ0) is 16.4. The second-order valence-corrected chi connectivity index (χ2v) is 6.47. The summed E-state index contributed by atoms with van der Waals surface area (Å²) in [6.07, 6.45) is 4.75. The number of hydrogen-bond donors (Lipinski definition) is 0. The van der Waals surface area contributed by atoms with E-state index in [1.807, 2.05) is 13.8 Å². The van der Waals surface area contributed by atoms with Crippen LogP contribution in [0.3, 0.4) is 0 Å². The second kappa shape index (κ2) is 6.48. The Morgan fingerprint density at radius 2 is 2.00 bits per heavy atom.